The maximum Gasteiger partial charge on any atom is 0.266 e. The number of ketones is 1. The molecule has 0 saturated carbocycles. The second-order valence-corrected chi connectivity index (χ2v) is 5.28. The van der Waals surface area contributed by atoms with Crippen molar-refractivity contribution in [2.45, 2.75) is 6.42 Å². The van der Waals surface area contributed by atoms with E-state index in [1.165, 1.54) is 36.5 Å². The Labute approximate surface area is 135 Å². The third kappa shape index (κ3) is 3.62. The van der Waals surface area contributed by atoms with E-state index in [0.29, 0.717) is 24.0 Å². The second-order valence-electron chi connectivity index (χ2n) is 5.28. The number of carbonyl (C=O) groups excluding carboxylic acids is 1. The van der Waals surface area contributed by atoms with E-state index < -0.39 is 0 Å². The van der Waals surface area contributed by atoms with Crippen molar-refractivity contribution >= 4 is 22.5 Å². The van der Waals surface area contributed by atoms with Gasteiger partial charge in [-0.1, -0.05) is 0 Å². The number of anilines is 1. The summed E-state index contributed by atoms with van der Waals surface area (Å²) in [4.78, 5) is 28.0. The van der Waals surface area contributed by atoms with Crippen molar-refractivity contribution in [3.8, 4) is 0 Å². The second kappa shape index (κ2) is 6.57. The van der Waals surface area contributed by atoms with E-state index in [9.17, 15) is 18.4 Å². The fourth-order valence-electron chi connectivity index (χ4n) is 2.36. The summed E-state index contributed by atoms with van der Waals surface area (Å²) in [6.45, 7) is 0.360. The Hall–Kier alpha value is -3.09. The summed E-state index contributed by atoms with van der Waals surface area (Å²) in [6, 6.07) is 8.51. The number of hydrogen-bond donors (Lipinski definition) is 2. The zero-order valence-corrected chi connectivity index (χ0v) is 12.5. The van der Waals surface area contributed by atoms with Gasteiger partial charge in [0, 0.05) is 12.1 Å². The lowest BCUT2D eigenvalue weighted by atomic mass is 10.0. The molecule has 2 heterocycles. The highest BCUT2D eigenvalue weighted by Crippen LogP contribution is 2.20. The lowest BCUT2D eigenvalue weighted by Gasteiger charge is -2.16. The minimum absolute atomic E-state index is 0.105. The molecule has 0 spiro atoms. The first kappa shape index (κ1) is 15.8. The number of aromatic amines is 1. The number of hydrogen-bond acceptors (Lipinski definition) is 4. The minimum atomic E-state index is -0.383. The van der Waals surface area contributed by atoms with Crippen molar-refractivity contribution in [2.24, 2.45) is 0 Å². The molecule has 24 heavy (non-hydrogen) atoms. The summed E-state index contributed by atoms with van der Waals surface area (Å²) in [6.07, 6.45) is 1.51. The van der Waals surface area contributed by atoms with Crippen LogP contribution >= 0.6 is 0 Å². The van der Waals surface area contributed by atoms with E-state index in [-0.39, 0.29) is 23.0 Å². The first-order valence-electron chi connectivity index (χ1n) is 7.20. The number of Topliss-reactive ketones (excluding diaryl/α,β-unsaturated/α-hetero) is 1. The molecule has 1 aromatic heterocycles. The smallest absolute Gasteiger partial charge is 0.266 e. The average Bonchev–Trinajstić information content (AvgIpc) is 2.54. The number of nitrogens with one attached hydrogen (secondary N) is 2. The van der Waals surface area contributed by atoms with Crippen molar-refractivity contribution in [3.05, 3.63) is 70.1 Å². The Bertz CT molecular complexity index is 969. The number of nitrogens with zero attached hydrogens (tertiary/aromatic N) is 1. The van der Waals surface area contributed by atoms with Gasteiger partial charge in [-0.3, -0.25) is 9.59 Å². The molecule has 1 aliphatic rings. The molecule has 0 saturated heterocycles. The quantitative estimate of drug-likeness (QED) is 0.664. The Kier molecular flexibility index (Phi) is 4.33. The number of rotatable bonds is 0. The lowest BCUT2D eigenvalue weighted by Crippen LogP contribution is -2.22. The molecule has 0 atom stereocenters. The van der Waals surface area contributed by atoms with Crippen LogP contribution in [0.5, 0.6) is 0 Å². The predicted molar refractivity (Wildman–Crippen MR) is 85.9 cm³/mol. The predicted octanol–water partition coefficient (Wildman–Crippen LogP) is 2.42. The first-order chi connectivity index (χ1) is 11.5. The molecule has 7 heteroatoms. The van der Waals surface area contributed by atoms with Crippen LogP contribution in [0.15, 0.2) is 47.4 Å². The number of carbonyl (C=O) groups is 1. The molecule has 2 aromatic carbocycles. The molecule has 0 amide bonds. The van der Waals surface area contributed by atoms with Crippen LogP contribution in [0.1, 0.15) is 5.56 Å². The highest BCUT2D eigenvalue weighted by molar-refractivity contribution is 5.89. The lowest BCUT2D eigenvalue weighted by molar-refractivity contribution is -0.117. The number of halogens is 2. The molecule has 2 N–H and O–H groups in total. The minimum Gasteiger partial charge on any atom is -0.378 e. The topological polar surface area (TPSA) is 74.8 Å². The molecule has 0 aliphatic carbocycles. The van der Waals surface area contributed by atoms with Crippen LogP contribution < -0.4 is 10.9 Å². The summed E-state index contributed by atoms with van der Waals surface area (Å²) in [7, 11) is 0. The zero-order valence-electron chi connectivity index (χ0n) is 12.5. The van der Waals surface area contributed by atoms with Crippen molar-refractivity contribution in [1.82, 2.24) is 9.97 Å². The van der Waals surface area contributed by atoms with Gasteiger partial charge in [-0.25, -0.2) is 13.8 Å². The Morgan fingerprint density at radius 1 is 1.00 bits per heavy atom. The summed E-state index contributed by atoms with van der Waals surface area (Å²) in [5, 5.41) is 2.92. The summed E-state index contributed by atoms with van der Waals surface area (Å²) >= 11 is 0. The molecular weight excluding hydrogens is 316 g/mol. The molecule has 0 fully saturated rings. The van der Waals surface area contributed by atoms with Crippen molar-refractivity contribution in [1.29, 1.82) is 0 Å². The van der Waals surface area contributed by atoms with Crippen molar-refractivity contribution in [2.75, 3.05) is 11.9 Å². The number of benzene rings is 2. The maximum absolute atomic E-state index is 12.7. The van der Waals surface area contributed by atoms with Gasteiger partial charge >= 0.3 is 0 Å². The van der Waals surface area contributed by atoms with E-state index in [2.05, 4.69) is 15.3 Å². The molecular formula is C17H13F2N3O2. The summed E-state index contributed by atoms with van der Waals surface area (Å²) < 4.78 is 25.3. The number of aromatic nitrogens is 2. The highest BCUT2D eigenvalue weighted by Gasteiger charge is 2.14. The standard InChI is InChI=1S/C9H8FNO.C8H5FN2O/c10-7-1-2-9-6(3-7)4-8(12)5-11-9;9-5-1-2-6-7(3-5)11-8(12)4-10-6/h1-3,11H,4-5H2;1-4H,(H,11,12). The molecule has 4 rings (SSSR count). The largest absolute Gasteiger partial charge is 0.378 e. The number of fused-ring (bicyclic) bond motifs is 2. The van der Waals surface area contributed by atoms with Crippen LogP contribution in [0.3, 0.4) is 0 Å². The molecule has 0 radical (unpaired) electrons. The molecule has 3 aromatic rings. The average molecular weight is 329 g/mol. The maximum atomic E-state index is 12.7. The monoisotopic (exact) mass is 329 g/mol. The van der Waals surface area contributed by atoms with Gasteiger partial charge in [0.15, 0.2) is 5.78 Å². The Morgan fingerprint density at radius 3 is 2.58 bits per heavy atom. The first-order valence-corrected chi connectivity index (χ1v) is 7.20. The van der Waals surface area contributed by atoms with Gasteiger partial charge < -0.3 is 10.3 Å². The summed E-state index contributed by atoms with van der Waals surface area (Å²) in [5.41, 5.74) is 2.30. The molecule has 1 aliphatic heterocycles. The van der Waals surface area contributed by atoms with Gasteiger partial charge in [-0.05, 0) is 42.0 Å². The van der Waals surface area contributed by atoms with E-state index >= 15 is 0 Å². The Morgan fingerprint density at radius 2 is 1.75 bits per heavy atom. The molecule has 5 nitrogen and oxygen atoms in total. The Balaban J connectivity index is 0.000000141. The third-order valence-corrected chi connectivity index (χ3v) is 3.47. The van der Waals surface area contributed by atoms with Crippen LogP contribution in [0, 0.1) is 11.6 Å². The van der Waals surface area contributed by atoms with Crippen LogP contribution in [0.2, 0.25) is 0 Å². The van der Waals surface area contributed by atoms with Gasteiger partial charge in [-0.2, -0.15) is 0 Å². The van der Waals surface area contributed by atoms with Crippen LogP contribution in [0.25, 0.3) is 11.0 Å². The van der Waals surface area contributed by atoms with Crippen molar-refractivity contribution in [3.63, 3.8) is 0 Å². The van der Waals surface area contributed by atoms with Crippen LogP contribution in [-0.2, 0) is 11.2 Å². The SMILES string of the molecule is O=C1CNc2ccc(F)cc2C1.O=c1cnc2ccc(F)cc2[nH]1. The van der Waals surface area contributed by atoms with E-state index in [4.69, 9.17) is 0 Å². The number of H-pyrrole nitrogens is 1. The van der Waals surface area contributed by atoms with Gasteiger partial charge in [0.1, 0.15) is 11.6 Å². The van der Waals surface area contributed by atoms with Crippen LogP contribution in [-0.4, -0.2) is 22.3 Å². The fraction of sp³-hybridized carbons (Fsp3) is 0.118. The van der Waals surface area contributed by atoms with Crippen molar-refractivity contribution < 1.29 is 13.6 Å². The van der Waals surface area contributed by atoms with Crippen LogP contribution in [0.4, 0.5) is 14.5 Å². The van der Waals surface area contributed by atoms with E-state index in [1.807, 2.05) is 0 Å². The van der Waals surface area contributed by atoms with Gasteiger partial charge in [0.2, 0.25) is 0 Å². The normalized spacial score (nSPS) is 12.8. The van der Waals surface area contributed by atoms with Gasteiger partial charge in [0.05, 0.1) is 23.8 Å². The van der Waals surface area contributed by atoms with E-state index in [0.717, 1.165) is 11.3 Å². The highest BCUT2D eigenvalue weighted by atomic mass is 19.1. The molecule has 0 bridgehead atoms. The fourth-order valence-corrected chi connectivity index (χ4v) is 2.36. The molecule has 0 unspecified atom stereocenters. The zero-order chi connectivity index (χ0) is 17.1. The van der Waals surface area contributed by atoms with Gasteiger partial charge in [-0.15, -0.1) is 0 Å². The molecule has 122 valence electrons. The summed E-state index contributed by atoms with van der Waals surface area (Å²) in [5.74, 6) is -0.565. The van der Waals surface area contributed by atoms with Gasteiger partial charge in [0.25, 0.3) is 5.56 Å². The van der Waals surface area contributed by atoms with E-state index in [1.54, 1.807) is 6.07 Å². The third-order valence-electron chi connectivity index (χ3n) is 3.47.